The number of Topliss-reactive ketones (excluding diaryl/α,β-unsaturated/α-hetero) is 1. The van der Waals surface area contributed by atoms with Gasteiger partial charge in [-0.05, 0) is 233 Å². The number of carboxylic acids is 1. The molecule has 8 saturated carbocycles. The Morgan fingerprint density at radius 1 is 0.450 bits per heavy atom. The third-order valence-corrected chi connectivity index (χ3v) is 38.0. The van der Waals surface area contributed by atoms with Gasteiger partial charge >= 0.3 is 29.8 Å². The Morgan fingerprint density at radius 2 is 0.785 bits per heavy atom. The summed E-state index contributed by atoms with van der Waals surface area (Å²) in [5.41, 5.74) is 2.03. The number of carbonyl (C=O) groups excluding carboxylic acids is 9. The second-order valence-corrected chi connectivity index (χ2v) is 50.0. The Bertz CT molecular complexity index is 6160. The number of fused-ring (bicyclic) bond motifs is 15. The molecule has 36 heteroatoms. The van der Waals surface area contributed by atoms with Crippen LogP contribution < -0.4 is 33.1 Å². The van der Waals surface area contributed by atoms with Crippen molar-refractivity contribution in [2.45, 2.75) is 378 Å². The van der Waals surface area contributed by atoms with E-state index >= 15 is 4.79 Å². The fourth-order valence-corrected chi connectivity index (χ4v) is 26.9. The molecule has 2 N–H and O–H groups in total. The van der Waals surface area contributed by atoms with Crippen LogP contribution in [0.1, 0.15) is 305 Å². The number of sulfonamides is 1. The first-order valence-corrected chi connectivity index (χ1v) is 56.3. The van der Waals surface area contributed by atoms with Crippen molar-refractivity contribution in [2.75, 3.05) is 41.0 Å². The molecule has 8 aliphatic carbocycles. The first-order chi connectivity index (χ1) is 71.0. The molecule has 6 aliphatic heterocycles. The number of amides is 4. The molecule has 4 amide bonds. The molecule has 6 aromatic rings. The maximum absolute atomic E-state index is 15.2. The van der Waals surface area contributed by atoms with E-state index in [0.29, 0.717) is 114 Å². The summed E-state index contributed by atoms with van der Waals surface area (Å²) >= 11 is 0. The number of rotatable bonds is 15. The van der Waals surface area contributed by atoms with E-state index in [1.807, 2.05) is 84.0 Å². The third-order valence-electron chi connectivity index (χ3n) is 35.8. The molecule has 0 spiro atoms. The number of esters is 4. The molecule has 14 aliphatic rings. The monoisotopic (exact) mass is 2090 g/mol. The molecule has 9 heterocycles. The van der Waals surface area contributed by atoms with Crippen molar-refractivity contribution < 1.29 is 118 Å². The van der Waals surface area contributed by atoms with Crippen LogP contribution in [0.3, 0.4) is 0 Å². The lowest BCUT2D eigenvalue weighted by molar-refractivity contribution is -0.167. The molecular formula is C113H150F2N10O23S. The zero-order valence-electron chi connectivity index (χ0n) is 88.6. The molecule has 20 rings (SSSR count). The molecule has 3 aromatic carbocycles. The minimum Gasteiger partial charge on any atom is -0.497 e. The molecule has 20 atom stereocenters. The lowest BCUT2D eigenvalue weighted by Crippen LogP contribution is -2.50. The van der Waals surface area contributed by atoms with Gasteiger partial charge in [0.05, 0.1) is 127 Å². The van der Waals surface area contributed by atoms with Crippen LogP contribution in [0.4, 0.5) is 8.78 Å². The fraction of sp³-hybridized carbons (Fsp3) is 0.699. The first-order valence-electron chi connectivity index (χ1n) is 54.9. The number of nitrogens with zero attached hydrogens (tertiary/aromatic N) is 9. The average molecular weight is 2090 g/mol. The van der Waals surface area contributed by atoms with Gasteiger partial charge in [-0.15, -0.1) is 0 Å². The highest BCUT2D eigenvalue weighted by atomic mass is 32.2. The van der Waals surface area contributed by atoms with Crippen LogP contribution in [-0.4, -0.2) is 230 Å². The first kappa shape index (κ1) is 108. The summed E-state index contributed by atoms with van der Waals surface area (Å²) in [5.74, 6) is -6.67. The minimum absolute atomic E-state index is 0.0120. The number of methoxy groups -OCH3 is 3. The third kappa shape index (κ3) is 23.7. The van der Waals surface area contributed by atoms with Gasteiger partial charge in [0.2, 0.25) is 57.7 Å². The van der Waals surface area contributed by atoms with Crippen molar-refractivity contribution in [3.63, 3.8) is 0 Å². The zero-order valence-corrected chi connectivity index (χ0v) is 89.5. The Balaban J connectivity index is 0.000000148. The van der Waals surface area contributed by atoms with E-state index in [0.717, 1.165) is 183 Å². The number of aromatic nitrogens is 6. The molecule has 0 radical (unpaired) electrons. The number of alkyl halides is 2. The standard InChI is InChI=1S/C43H56F2N4O9S.C37H51N3O7.C33H43N3O7/c1-24-34-23-49(36(24)32(50)22-43(21-28(43)37(44)45)40(53)48-59(54,55)42(3)16-17-42)39(52)27(41(2)14-8-9-15-41)20-35(51)57-33-18-25(33)10-6-5-7-11-30-38(58-34)47-31-19-26(56-4)12-13-29(31)46-30;1-22-30-21-40(32(22)35(43)47-36(2,3)4)34(42)25(37(5)16-10-11-17-37)20-31(41)45-29-18-23(29)12-8-7-9-13-27-33(46-30)39-28-19-24(44-6)14-15-26(28)38-27;1-19-27-18-36(29(19)32(39)40)31(38)22(33(2)13-7-8-14-33)17-28(37)42-26-15-20(26)9-5-4-6-10-24-30(43-27)35-25-16-21(41-3)11-12-23(25)34-24/h12-13,19,24-25,27-28,33-34,36-37H,5-11,14-18,20-23H2,1-4H3,(H,48,53);14-15,19,22-23,25,29-30,32H,7-13,16-18,20-21H2,1-6H3;11-12,16,19-20,22,26-27,29H,4-10,13-15,17-18H2,1-3H3,(H,39,40)/t24-,25-,27-,28+,33-,34+,36+,43-;22-,23-,25-,29-,30+,32+;19-,20-,22-,26-,27+,29+/m111/s1. The normalized spacial score (nSPS) is 31.5. The number of carbonyl (C=O) groups is 10. The summed E-state index contributed by atoms with van der Waals surface area (Å²) < 4.78 is 116. The Labute approximate surface area is 871 Å². The molecular weight excluding hydrogens is 1940 g/mol. The van der Waals surface area contributed by atoms with Crippen molar-refractivity contribution >= 4 is 102 Å². The molecule has 810 valence electrons. The number of halogens is 2. The van der Waals surface area contributed by atoms with Crippen LogP contribution in [0.25, 0.3) is 33.1 Å². The minimum atomic E-state index is -4.19. The van der Waals surface area contributed by atoms with Crippen LogP contribution in [0.2, 0.25) is 0 Å². The number of hydrogen-bond donors (Lipinski definition) is 2. The molecule has 149 heavy (non-hydrogen) atoms. The number of aryl methyl sites for hydroxylation is 3. The summed E-state index contributed by atoms with van der Waals surface area (Å²) in [4.78, 5) is 174. The summed E-state index contributed by atoms with van der Waals surface area (Å²) in [6, 6.07) is 13.4. The van der Waals surface area contributed by atoms with Crippen LogP contribution in [-0.2, 0) is 96.2 Å². The number of aliphatic carboxylic acids is 1. The van der Waals surface area contributed by atoms with Gasteiger partial charge in [0, 0.05) is 48.3 Å². The quantitative estimate of drug-likeness (QED) is 0.0712. The zero-order chi connectivity index (χ0) is 106. The highest BCUT2D eigenvalue weighted by molar-refractivity contribution is 7.91. The van der Waals surface area contributed by atoms with Crippen molar-refractivity contribution in [1.82, 2.24) is 49.3 Å². The van der Waals surface area contributed by atoms with Crippen molar-refractivity contribution in [2.24, 2.45) is 80.8 Å². The SMILES string of the molecule is COc1ccc2nc3c(nc2c1)O[C@H]1CN(C(=O)[C@H](C2(C)CCCC2)CC(=O)O[C@@H]2C[C@H]2CCCCC3)[C@H](C(=O)C[C@]2(C(=O)NS(=O)(=O)C3(C)CC3)C[C@H]2C(F)F)[C@@H]1C.COc1ccc2nc3c(nc2c1)O[C@H]1CN(C(=O)[C@H](C2(C)CCCC2)CC(=O)O[C@@H]2C[C@H]2CCCCC3)[C@H](C(=O)O)[C@@H]1C.COc1ccc2nc3c(nc2c1)O[C@H]1CN(C(=O)[C@H](C2(C)CCCC2)CC(=O)O[C@@H]2C[C@H]2CCCCC3)[C@H](C(=O)OC(C)(C)C)[C@@H]1C. The van der Waals surface area contributed by atoms with Crippen molar-refractivity contribution in [3.8, 4) is 34.9 Å². The second kappa shape index (κ2) is 43.7. The highest BCUT2D eigenvalue weighted by Gasteiger charge is 2.68. The maximum Gasteiger partial charge on any atom is 0.329 e. The predicted octanol–water partition coefficient (Wildman–Crippen LogP) is 17.3. The summed E-state index contributed by atoms with van der Waals surface area (Å²) in [5, 5.41) is 10.3. The summed E-state index contributed by atoms with van der Waals surface area (Å²) in [7, 11) is 0.575. The van der Waals surface area contributed by atoms with Gasteiger partial charge in [-0.25, -0.2) is 56.7 Å². The number of carboxylic acid groups (broad SMARTS) is 1. The average Bonchev–Trinajstić information content (AvgIpc) is 1.55. The van der Waals surface area contributed by atoms with Gasteiger partial charge in [0.1, 0.15) is 88.6 Å². The molecule has 0 unspecified atom stereocenters. The lowest BCUT2D eigenvalue weighted by Gasteiger charge is -2.37. The smallest absolute Gasteiger partial charge is 0.329 e. The Kier molecular flexibility index (Phi) is 31.7. The molecule has 11 fully saturated rings. The predicted molar refractivity (Wildman–Crippen MR) is 544 cm³/mol. The number of ketones is 1. The summed E-state index contributed by atoms with van der Waals surface area (Å²) in [6.07, 6.45) is 20.4. The van der Waals surface area contributed by atoms with E-state index in [2.05, 4.69) is 18.6 Å². The topological polar surface area (TPSA) is 416 Å². The number of nitrogens with one attached hydrogen (secondary N) is 1. The van der Waals surface area contributed by atoms with Gasteiger partial charge < -0.3 is 67.2 Å². The fourth-order valence-electron chi connectivity index (χ4n) is 25.6. The van der Waals surface area contributed by atoms with Gasteiger partial charge in [-0.3, -0.25) is 43.1 Å². The number of hydrogen-bond acceptors (Lipinski definition) is 28. The Morgan fingerprint density at radius 3 is 1.11 bits per heavy atom. The highest BCUT2D eigenvalue weighted by Crippen LogP contribution is 2.61. The summed E-state index contributed by atoms with van der Waals surface area (Å²) in [6.45, 7) is 18.8. The molecule has 3 saturated heterocycles. The van der Waals surface area contributed by atoms with Crippen LogP contribution in [0, 0.1) is 80.8 Å². The van der Waals surface area contributed by atoms with E-state index in [4.69, 9.17) is 77.3 Å². The van der Waals surface area contributed by atoms with E-state index in [1.54, 1.807) is 45.3 Å². The van der Waals surface area contributed by atoms with Gasteiger partial charge in [0.15, 0.2) is 5.78 Å². The van der Waals surface area contributed by atoms with Crippen molar-refractivity contribution in [3.05, 3.63) is 71.7 Å². The number of ether oxygens (including phenoxy) is 10. The lowest BCUT2D eigenvalue weighted by atomic mass is 9.73. The van der Waals surface area contributed by atoms with Crippen molar-refractivity contribution in [1.29, 1.82) is 0 Å². The van der Waals surface area contributed by atoms with E-state index < -0.39 is 157 Å². The van der Waals surface area contributed by atoms with Gasteiger partial charge in [0.25, 0.3) is 0 Å². The molecule has 6 bridgehead atoms. The van der Waals surface area contributed by atoms with Gasteiger partial charge in [-0.1, -0.05) is 119 Å². The van der Waals surface area contributed by atoms with Crippen LogP contribution in [0.15, 0.2) is 54.6 Å². The number of benzene rings is 3. The Hall–Kier alpha value is -10.8. The van der Waals surface area contributed by atoms with E-state index in [-0.39, 0.29) is 110 Å². The largest absolute Gasteiger partial charge is 0.497 e. The maximum atomic E-state index is 15.2. The van der Waals surface area contributed by atoms with E-state index in [1.165, 1.54) is 16.7 Å². The molecule has 33 nitrogen and oxygen atoms in total. The molecule has 3 aromatic heterocycles. The van der Waals surface area contributed by atoms with Gasteiger partial charge in [-0.2, -0.15) is 0 Å². The van der Waals surface area contributed by atoms with Crippen LogP contribution >= 0.6 is 0 Å². The van der Waals surface area contributed by atoms with Crippen LogP contribution in [0.5, 0.6) is 34.9 Å². The second-order valence-electron chi connectivity index (χ2n) is 47.8. The van der Waals surface area contributed by atoms with E-state index in [9.17, 15) is 65.5 Å².